The molecule has 1 aromatic carbocycles. The lowest BCUT2D eigenvalue weighted by atomic mass is 10.3. The summed E-state index contributed by atoms with van der Waals surface area (Å²) in [5, 5.41) is 8.83. The van der Waals surface area contributed by atoms with Gasteiger partial charge >= 0.3 is 12.2 Å². The van der Waals surface area contributed by atoms with Gasteiger partial charge in [-0.2, -0.15) is 18.3 Å². The molecular weight excluding hydrogens is 309 g/mol. The van der Waals surface area contributed by atoms with Crippen LogP contribution in [0.15, 0.2) is 36.7 Å². The number of halogens is 4. The molecule has 1 aromatic heterocycles. The first kappa shape index (κ1) is 15.2. The number of amides is 2. The van der Waals surface area contributed by atoms with Crippen LogP contribution in [0, 0.1) is 0 Å². The van der Waals surface area contributed by atoms with Gasteiger partial charge in [-0.3, -0.25) is 4.68 Å². The van der Waals surface area contributed by atoms with E-state index in [0.29, 0.717) is 15.4 Å². The average Bonchev–Trinajstić information content (AvgIpc) is 2.73. The first-order valence-electron chi connectivity index (χ1n) is 5.74. The van der Waals surface area contributed by atoms with E-state index >= 15 is 0 Å². The quantitative estimate of drug-likeness (QED) is 0.905. The van der Waals surface area contributed by atoms with Gasteiger partial charge in [0.15, 0.2) is 0 Å². The first-order valence-corrected chi connectivity index (χ1v) is 6.12. The summed E-state index contributed by atoms with van der Waals surface area (Å²) < 4.78 is 37.2. The van der Waals surface area contributed by atoms with Gasteiger partial charge in [0.05, 0.1) is 11.9 Å². The standard InChI is InChI=1S/C12H10ClF3N4O/c13-8-2-1-3-9(4-8)18-11(21)19-10-5-17-20(6-10)7-12(14,15)16/h1-6H,7H2,(H2,18,19,21). The topological polar surface area (TPSA) is 59.0 Å². The highest BCUT2D eigenvalue weighted by Crippen LogP contribution is 2.18. The van der Waals surface area contributed by atoms with Crippen LogP contribution < -0.4 is 10.6 Å². The lowest BCUT2D eigenvalue weighted by Crippen LogP contribution is -2.19. The molecule has 112 valence electrons. The summed E-state index contributed by atoms with van der Waals surface area (Å²) in [4.78, 5) is 11.7. The molecule has 2 aromatic rings. The van der Waals surface area contributed by atoms with Crippen molar-refractivity contribution in [3.8, 4) is 0 Å². The third kappa shape index (κ3) is 4.99. The van der Waals surface area contributed by atoms with Crippen LogP contribution in [0.2, 0.25) is 5.02 Å². The molecule has 0 atom stereocenters. The van der Waals surface area contributed by atoms with Crippen LogP contribution in [0.3, 0.4) is 0 Å². The maximum absolute atomic E-state index is 12.2. The van der Waals surface area contributed by atoms with Crippen LogP contribution in [-0.4, -0.2) is 22.0 Å². The number of urea groups is 1. The molecule has 9 heteroatoms. The van der Waals surface area contributed by atoms with Crippen LogP contribution in [-0.2, 0) is 6.54 Å². The zero-order chi connectivity index (χ0) is 15.5. The molecule has 0 aliphatic heterocycles. The molecular formula is C12H10ClF3N4O. The minimum Gasteiger partial charge on any atom is -0.308 e. The summed E-state index contributed by atoms with van der Waals surface area (Å²) in [5.74, 6) is 0. The number of anilines is 2. The van der Waals surface area contributed by atoms with Crippen molar-refractivity contribution in [1.82, 2.24) is 9.78 Å². The number of aromatic nitrogens is 2. The number of nitrogens with one attached hydrogen (secondary N) is 2. The molecule has 2 amide bonds. The third-order valence-corrected chi connectivity index (χ3v) is 2.55. The second-order valence-electron chi connectivity index (χ2n) is 4.13. The summed E-state index contributed by atoms with van der Waals surface area (Å²) in [6.45, 7) is -1.22. The van der Waals surface area contributed by atoms with Crippen molar-refractivity contribution in [3.63, 3.8) is 0 Å². The average molecular weight is 319 g/mol. The van der Waals surface area contributed by atoms with E-state index in [2.05, 4.69) is 15.7 Å². The Bertz CT molecular complexity index is 641. The maximum atomic E-state index is 12.2. The Morgan fingerprint density at radius 2 is 2.00 bits per heavy atom. The highest BCUT2D eigenvalue weighted by molar-refractivity contribution is 6.30. The Labute approximate surface area is 122 Å². The zero-order valence-electron chi connectivity index (χ0n) is 10.5. The molecule has 0 saturated heterocycles. The van der Waals surface area contributed by atoms with Gasteiger partial charge in [-0.15, -0.1) is 0 Å². The highest BCUT2D eigenvalue weighted by Gasteiger charge is 2.28. The first-order chi connectivity index (χ1) is 9.82. The second kappa shape index (κ2) is 6.04. The van der Waals surface area contributed by atoms with Crippen molar-refractivity contribution < 1.29 is 18.0 Å². The summed E-state index contributed by atoms with van der Waals surface area (Å²) in [6, 6.07) is 5.85. The Hall–Kier alpha value is -2.22. The molecule has 0 aliphatic carbocycles. The molecule has 21 heavy (non-hydrogen) atoms. The van der Waals surface area contributed by atoms with E-state index in [0.717, 1.165) is 12.4 Å². The zero-order valence-corrected chi connectivity index (χ0v) is 11.2. The van der Waals surface area contributed by atoms with Gasteiger partial charge in [0.25, 0.3) is 0 Å². The minimum absolute atomic E-state index is 0.152. The molecule has 0 spiro atoms. The van der Waals surface area contributed by atoms with E-state index < -0.39 is 18.8 Å². The van der Waals surface area contributed by atoms with Crippen LogP contribution in [0.4, 0.5) is 29.3 Å². The summed E-state index contributed by atoms with van der Waals surface area (Å²) in [6.07, 6.45) is -2.15. The monoisotopic (exact) mass is 318 g/mol. The number of benzene rings is 1. The van der Waals surface area contributed by atoms with Gasteiger partial charge in [-0.25, -0.2) is 4.79 Å². The van der Waals surface area contributed by atoms with E-state index in [-0.39, 0.29) is 5.69 Å². The second-order valence-corrected chi connectivity index (χ2v) is 4.57. The molecule has 0 radical (unpaired) electrons. The summed E-state index contributed by atoms with van der Waals surface area (Å²) in [7, 11) is 0. The fourth-order valence-electron chi connectivity index (χ4n) is 1.56. The normalized spacial score (nSPS) is 11.2. The Kier molecular flexibility index (Phi) is 4.37. The minimum atomic E-state index is -4.37. The summed E-state index contributed by atoms with van der Waals surface area (Å²) in [5.41, 5.74) is 0.612. The molecule has 5 nitrogen and oxygen atoms in total. The van der Waals surface area contributed by atoms with Crippen LogP contribution in [0.25, 0.3) is 0 Å². The van der Waals surface area contributed by atoms with Crippen LogP contribution in [0.1, 0.15) is 0 Å². The van der Waals surface area contributed by atoms with E-state index in [1.165, 1.54) is 6.07 Å². The molecule has 0 fully saturated rings. The Balaban J connectivity index is 1.94. The Morgan fingerprint density at radius 1 is 1.29 bits per heavy atom. The van der Waals surface area contributed by atoms with Gasteiger partial charge in [0.2, 0.25) is 0 Å². The lowest BCUT2D eigenvalue weighted by Gasteiger charge is -2.06. The SMILES string of the molecule is O=C(Nc1cccc(Cl)c1)Nc1cnn(CC(F)(F)F)c1. The third-order valence-electron chi connectivity index (χ3n) is 2.31. The summed E-state index contributed by atoms with van der Waals surface area (Å²) >= 11 is 5.76. The van der Waals surface area contributed by atoms with Crippen molar-refractivity contribution >= 4 is 29.0 Å². The number of hydrogen-bond acceptors (Lipinski definition) is 2. The fraction of sp³-hybridized carbons (Fsp3) is 0.167. The number of carbonyl (C=O) groups is 1. The van der Waals surface area contributed by atoms with E-state index in [9.17, 15) is 18.0 Å². The van der Waals surface area contributed by atoms with Gasteiger partial charge < -0.3 is 10.6 Å². The van der Waals surface area contributed by atoms with E-state index in [4.69, 9.17) is 11.6 Å². The highest BCUT2D eigenvalue weighted by atomic mass is 35.5. The molecule has 1 heterocycles. The number of hydrogen-bond donors (Lipinski definition) is 2. The van der Waals surface area contributed by atoms with E-state index in [1.807, 2.05) is 0 Å². The van der Waals surface area contributed by atoms with Crippen molar-refractivity contribution in [3.05, 3.63) is 41.7 Å². The van der Waals surface area contributed by atoms with Gasteiger partial charge in [-0.05, 0) is 18.2 Å². The van der Waals surface area contributed by atoms with Crippen molar-refractivity contribution in [1.29, 1.82) is 0 Å². The largest absolute Gasteiger partial charge is 0.408 e. The molecule has 0 aliphatic rings. The van der Waals surface area contributed by atoms with Gasteiger partial charge in [0, 0.05) is 16.9 Å². The molecule has 0 saturated carbocycles. The van der Waals surface area contributed by atoms with Crippen molar-refractivity contribution in [2.75, 3.05) is 10.6 Å². The van der Waals surface area contributed by atoms with Gasteiger partial charge in [0.1, 0.15) is 6.54 Å². The Morgan fingerprint density at radius 3 is 2.67 bits per heavy atom. The van der Waals surface area contributed by atoms with Crippen molar-refractivity contribution in [2.24, 2.45) is 0 Å². The molecule has 2 N–H and O–H groups in total. The molecule has 0 bridgehead atoms. The van der Waals surface area contributed by atoms with E-state index in [1.54, 1.807) is 18.2 Å². The number of carbonyl (C=O) groups excluding carboxylic acids is 1. The van der Waals surface area contributed by atoms with Crippen molar-refractivity contribution in [2.45, 2.75) is 12.7 Å². The lowest BCUT2D eigenvalue weighted by molar-refractivity contribution is -0.142. The fourth-order valence-corrected chi connectivity index (χ4v) is 1.75. The van der Waals surface area contributed by atoms with Gasteiger partial charge in [-0.1, -0.05) is 17.7 Å². The van der Waals surface area contributed by atoms with Crippen LogP contribution in [0.5, 0.6) is 0 Å². The maximum Gasteiger partial charge on any atom is 0.408 e. The number of rotatable bonds is 3. The van der Waals surface area contributed by atoms with Crippen LogP contribution >= 0.6 is 11.6 Å². The molecule has 0 unspecified atom stereocenters. The smallest absolute Gasteiger partial charge is 0.308 e. The molecule has 2 rings (SSSR count). The number of nitrogens with zero attached hydrogens (tertiary/aromatic N) is 2. The number of alkyl halides is 3. The predicted molar refractivity (Wildman–Crippen MR) is 72.4 cm³/mol. The predicted octanol–water partition coefficient (Wildman–Crippen LogP) is 3.74.